The van der Waals surface area contributed by atoms with E-state index in [2.05, 4.69) is 0 Å². The number of aromatic nitrogens is 2. The van der Waals surface area contributed by atoms with Gasteiger partial charge in [-0.25, -0.2) is 4.79 Å². The zero-order chi connectivity index (χ0) is 19.6. The van der Waals surface area contributed by atoms with E-state index in [1.54, 1.807) is 6.07 Å². The minimum atomic E-state index is -0.679. The van der Waals surface area contributed by atoms with Crippen molar-refractivity contribution in [3.63, 3.8) is 0 Å². The number of benzene rings is 1. The fourth-order valence-corrected chi connectivity index (χ4v) is 2.89. The van der Waals surface area contributed by atoms with E-state index >= 15 is 0 Å². The highest BCUT2D eigenvalue weighted by molar-refractivity contribution is 6.30. The second kappa shape index (κ2) is 7.88. The van der Waals surface area contributed by atoms with Crippen molar-refractivity contribution in [2.75, 3.05) is 12.3 Å². The minimum absolute atomic E-state index is 0.00181. The zero-order valence-electron chi connectivity index (χ0n) is 15.3. The van der Waals surface area contributed by atoms with Gasteiger partial charge in [0, 0.05) is 31.7 Å². The van der Waals surface area contributed by atoms with E-state index in [1.165, 1.54) is 14.1 Å². The number of halogens is 1. The Bertz CT molecular complexity index is 946. The van der Waals surface area contributed by atoms with Crippen LogP contribution in [0.2, 0.25) is 5.02 Å². The van der Waals surface area contributed by atoms with Gasteiger partial charge in [-0.15, -0.1) is 0 Å². The molecule has 0 aliphatic heterocycles. The Balaban J connectivity index is 2.35. The van der Waals surface area contributed by atoms with Crippen molar-refractivity contribution in [2.24, 2.45) is 14.1 Å². The van der Waals surface area contributed by atoms with Crippen LogP contribution in [0.5, 0.6) is 0 Å². The van der Waals surface area contributed by atoms with Crippen molar-refractivity contribution in [1.29, 1.82) is 0 Å². The first kappa shape index (κ1) is 19.9. The van der Waals surface area contributed by atoms with E-state index in [1.807, 2.05) is 36.9 Å². The van der Waals surface area contributed by atoms with Crippen LogP contribution in [-0.2, 0) is 20.6 Å². The summed E-state index contributed by atoms with van der Waals surface area (Å²) in [6, 6.07) is 7.44. The number of rotatable bonds is 6. The van der Waals surface area contributed by atoms with Crippen LogP contribution in [0.15, 0.2) is 33.9 Å². The molecule has 0 unspecified atom stereocenters. The van der Waals surface area contributed by atoms with Crippen LogP contribution in [0.25, 0.3) is 0 Å². The van der Waals surface area contributed by atoms with Gasteiger partial charge in [0.05, 0.1) is 6.54 Å². The SMILES string of the molecule is CC(C)N(CC(=O)c1c(N)n(C)c(=O)n(C)c1=O)Cc1cccc(Cl)c1. The molecule has 0 saturated heterocycles. The molecule has 0 radical (unpaired) electrons. The number of nitrogens with two attached hydrogens (primary N) is 1. The summed E-state index contributed by atoms with van der Waals surface area (Å²) in [6.07, 6.45) is 0. The molecule has 2 aromatic rings. The van der Waals surface area contributed by atoms with Gasteiger partial charge < -0.3 is 5.73 Å². The van der Waals surface area contributed by atoms with Crippen molar-refractivity contribution in [3.8, 4) is 0 Å². The van der Waals surface area contributed by atoms with Crippen molar-refractivity contribution in [2.45, 2.75) is 26.4 Å². The van der Waals surface area contributed by atoms with E-state index in [0.717, 1.165) is 14.7 Å². The molecule has 0 aliphatic carbocycles. The second-order valence-electron chi connectivity index (χ2n) is 6.52. The third-order valence-corrected chi connectivity index (χ3v) is 4.58. The van der Waals surface area contributed by atoms with Gasteiger partial charge in [-0.1, -0.05) is 23.7 Å². The number of nitrogens with zero attached hydrogens (tertiary/aromatic N) is 3. The molecule has 0 fully saturated rings. The summed E-state index contributed by atoms with van der Waals surface area (Å²) in [5.74, 6) is -0.538. The van der Waals surface area contributed by atoms with E-state index in [0.29, 0.717) is 11.6 Å². The number of carbonyl (C=O) groups is 1. The molecule has 1 heterocycles. The van der Waals surface area contributed by atoms with Gasteiger partial charge in [-0.3, -0.25) is 23.6 Å². The molecule has 1 aromatic heterocycles. The van der Waals surface area contributed by atoms with E-state index in [4.69, 9.17) is 17.3 Å². The average molecular weight is 379 g/mol. The molecule has 0 aliphatic rings. The number of anilines is 1. The summed E-state index contributed by atoms with van der Waals surface area (Å²) in [5, 5.41) is 0.619. The molecular formula is C18H23ClN4O3. The molecule has 0 saturated carbocycles. The molecule has 0 atom stereocenters. The van der Waals surface area contributed by atoms with Crippen LogP contribution in [0.4, 0.5) is 5.82 Å². The fraction of sp³-hybridized carbons (Fsp3) is 0.389. The van der Waals surface area contributed by atoms with Gasteiger partial charge in [0.25, 0.3) is 5.56 Å². The Morgan fingerprint density at radius 2 is 1.88 bits per heavy atom. The number of carbonyl (C=O) groups excluding carboxylic acids is 1. The minimum Gasteiger partial charge on any atom is -0.384 e. The number of nitrogen functional groups attached to an aromatic ring is 1. The number of Topliss-reactive ketones (excluding diaryl/α,β-unsaturated/α-hetero) is 1. The van der Waals surface area contributed by atoms with E-state index in [-0.39, 0.29) is 24.0 Å². The van der Waals surface area contributed by atoms with Crippen LogP contribution in [-0.4, -0.2) is 32.4 Å². The first-order valence-electron chi connectivity index (χ1n) is 8.20. The van der Waals surface area contributed by atoms with Crippen molar-refractivity contribution >= 4 is 23.2 Å². The Kier molecular flexibility index (Phi) is 6.05. The molecule has 140 valence electrons. The Labute approximate surface area is 156 Å². The summed E-state index contributed by atoms with van der Waals surface area (Å²) in [5.41, 5.74) is 5.42. The summed E-state index contributed by atoms with van der Waals surface area (Å²) in [6.45, 7) is 4.41. The van der Waals surface area contributed by atoms with Gasteiger partial charge in [0.2, 0.25) is 0 Å². The molecule has 26 heavy (non-hydrogen) atoms. The summed E-state index contributed by atoms with van der Waals surface area (Å²) < 4.78 is 1.99. The third kappa shape index (κ3) is 4.05. The number of hydrogen-bond acceptors (Lipinski definition) is 5. The lowest BCUT2D eigenvalue weighted by Crippen LogP contribution is -2.44. The van der Waals surface area contributed by atoms with Crippen LogP contribution in [0.3, 0.4) is 0 Å². The maximum Gasteiger partial charge on any atom is 0.332 e. The van der Waals surface area contributed by atoms with Crippen molar-refractivity contribution in [3.05, 3.63) is 61.3 Å². The Morgan fingerprint density at radius 3 is 2.46 bits per heavy atom. The largest absolute Gasteiger partial charge is 0.384 e. The van der Waals surface area contributed by atoms with Gasteiger partial charge in [-0.2, -0.15) is 0 Å². The molecule has 8 heteroatoms. The van der Waals surface area contributed by atoms with Crippen molar-refractivity contribution < 1.29 is 4.79 Å². The summed E-state index contributed by atoms with van der Waals surface area (Å²) in [7, 11) is 2.76. The molecule has 0 spiro atoms. The zero-order valence-corrected chi connectivity index (χ0v) is 16.1. The Hall–Kier alpha value is -2.38. The molecule has 0 bridgehead atoms. The number of ketones is 1. The predicted octanol–water partition coefficient (Wildman–Crippen LogP) is 1.41. The molecule has 1 aromatic carbocycles. The predicted molar refractivity (Wildman–Crippen MR) is 103 cm³/mol. The highest BCUT2D eigenvalue weighted by Gasteiger charge is 2.23. The molecular weight excluding hydrogens is 356 g/mol. The maximum atomic E-state index is 12.8. The van der Waals surface area contributed by atoms with E-state index < -0.39 is 17.0 Å². The van der Waals surface area contributed by atoms with Crippen LogP contribution < -0.4 is 17.0 Å². The van der Waals surface area contributed by atoms with Crippen LogP contribution in [0.1, 0.15) is 29.8 Å². The smallest absolute Gasteiger partial charge is 0.332 e. The molecule has 7 nitrogen and oxygen atoms in total. The highest BCUT2D eigenvalue weighted by atomic mass is 35.5. The lowest BCUT2D eigenvalue weighted by Gasteiger charge is -2.26. The molecule has 0 amide bonds. The van der Waals surface area contributed by atoms with E-state index in [9.17, 15) is 14.4 Å². The molecule has 2 N–H and O–H groups in total. The van der Waals surface area contributed by atoms with Gasteiger partial charge in [0.15, 0.2) is 5.78 Å². The standard InChI is InChI=1S/C18H23ClN4O3/c1-11(2)23(9-12-6-5-7-13(19)8-12)10-14(24)15-16(20)21(3)18(26)22(4)17(15)25/h5-8,11H,9-10,20H2,1-4H3. The quantitative estimate of drug-likeness (QED) is 0.767. The lowest BCUT2D eigenvalue weighted by atomic mass is 10.1. The average Bonchev–Trinajstić information content (AvgIpc) is 2.58. The van der Waals surface area contributed by atoms with Gasteiger partial charge in [-0.05, 0) is 31.5 Å². The first-order chi connectivity index (χ1) is 12.1. The van der Waals surface area contributed by atoms with Crippen LogP contribution >= 0.6 is 11.6 Å². The monoisotopic (exact) mass is 378 g/mol. The third-order valence-electron chi connectivity index (χ3n) is 4.34. The lowest BCUT2D eigenvalue weighted by molar-refractivity contribution is 0.0896. The second-order valence-corrected chi connectivity index (χ2v) is 6.95. The van der Waals surface area contributed by atoms with Gasteiger partial charge >= 0.3 is 5.69 Å². The topological polar surface area (TPSA) is 90.3 Å². The maximum absolute atomic E-state index is 12.8. The first-order valence-corrected chi connectivity index (χ1v) is 8.58. The number of hydrogen-bond donors (Lipinski definition) is 1. The fourth-order valence-electron chi connectivity index (χ4n) is 2.68. The van der Waals surface area contributed by atoms with Crippen molar-refractivity contribution in [1.82, 2.24) is 14.0 Å². The summed E-state index contributed by atoms with van der Waals surface area (Å²) in [4.78, 5) is 39.0. The van der Waals surface area contributed by atoms with Gasteiger partial charge in [0.1, 0.15) is 11.4 Å². The Morgan fingerprint density at radius 1 is 1.23 bits per heavy atom. The summed E-state index contributed by atoms with van der Waals surface area (Å²) >= 11 is 6.02. The van der Waals surface area contributed by atoms with Crippen LogP contribution in [0, 0.1) is 0 Å². The molecule has 2 rings (SSSR count). The normalized spacial score (nSPS) is 11.3. The highest BCUT2D eigenvalue weighted by Crippen LogP contribution is 2.15.